The van der Waals surface area contributed by atoms with Crippen LogP contribution in [0.2, 0.25) is 0 Å². The van der Waals surface area contributed by atoms with Crippen LogP contribution in [0.5, 0.6) is 0 Å². The molecule has 0 aromatic carbocycles. The summed E-state index contributed by atoms with van der Waals surface area (Å²) in [5.74, 6) is -0.350. The van der Waals surface area contributed by atoms with Crippen molar-refractivity contribution < 1.29 is 14.7 Å². The molecule has 0 radical (unpaired) electrons. The van der Waals surface area contributed by atoms with E-state index in [2.05, 4.69) is 25.8 Å². The number of nitrogens with zero attached hydrogens (tertiary/aromatic N) is 4. The van der Waals surface area contributed by atoms with Crippen molar-refractivity contribution in [3.8, 4) is 0 Å². The molecular weight excluding hydrogens is 276 g/mol. The first-order valence-electron chi connectivity index (χ1n) is 6.13. The molecule has 9 nitrogen and oxygen atoms in total. The molecule has 0 saturated heterocycles. The predicted octanol–water partition coefficient (Wildman–Crippen LogP) is 0.272. The van der Waals surface area contributed by atoms with Crippen molar-refractivity contribution in [2.75, 3.05) is 11.9 Å². The second-order valence-corrected chi connectivity index (χ2v) is 4.23. The molecule has 0 bridgehead atoms. The van der Waals surface area contributed by atoms with Gasteiger partial charge in [0, 0.05) is 20.0 Å². The summed E-state index contributed by atoms with van der Waals surface area (Å²) in [7, 11) is 1.82. The number of anilines is 1. The average molecular weight is 290 g/mol. The van der Waals surface area contributed by atoms with Crippen molar-refractivity contribution in [3.05, 3.63) is 36.2 Å². The monoisotopic (exact) mass is 290 g/mol. The minimum absolute atomic E-state index is 0.0803. The average Bonchev–Trinajstić information content (AvgIpc) is 2.85. The number of hydrogen-bond acceptors (Lipinski definition) is 5. The zero-order valence-corrected chi connectivity index (χ0v) is 11.3. The first kappa shape index (κ1) is 14.4. The highest BCUT2D eigenvalue weighted by atomic mass is 16.4. The van der Waals surface area contributed by atoms with E-state index in [1.54, 1.807) is 10.9 Å². The van der Waals surface area contributed by atoms with Gasteiger partial charge in [0.25, 0.3) is 0 Å². The van der Waals surface area contributed by atoms with Crippen LogP contribution in [-0.4, -0.2) is 43.4 Å². The maximum atomic E-state index is 11.6. The molecule has 21 heavy (non-hydrogen) atoms. The summed E-state index contributed by atoms with van der Waals surface area (Å²) < 4.78 is 1.77. The van der Waals surface area contributed by atoms with Crippen LogP contribution in [0.3, 0.4) is 0 Å². The van der Waals surface area contributed by atoms with Gasteiger partial charge in [-0.2, -0.15) is 0 Å². The Bertz CT molecular complexity index is 637. The Morgan fingerprint density at radius 2 is 2.19 bits per heavy atom. The fourth-order valence-corrected chi connectivity index (χ4v) is 1.59. The third-order valence-corrected chi connectivity index (χ3v) is 2.68. The molecular formula is C12H14N6O3. The molecule has 0 fully saturated rings. The standard InChI is InChI=1S/C12H14N6O3/c1-18-7-15-17-10(18)4-5-13-12(21)16-8-2-3-9(11(19)20)14-6-8/h2-3,6-7H,4-5H2,1H3,(H,19,20)(H2,13,16,21). The number of amides is 2. The number of carboxylic acids is 1. The molecule has 2 rings (SSSR count). The Kier molecular flexibility index (Phi) is 4.44. The van der Waals surface area contributed by atoms with Crippen LogP contribution in [0.1, 0.15) is 16.3 Å². The largest absolute Gasteiger partial charge is 0.477 e. The Labute approximate surface area is 120 Å². The summed E-state index contributed by atoms with van der Waals surface area (Å²) in [5.41, 5.74) is 0.333. The number of hydrogen-bond donors (Lipinski definition) is 3. The van der Waals surface area contributed by atoms with Gasteiger partial charge in [-0.25, -0.2) is 14.6 Å². The zero-order chi connectivity index (χ0) is 15.2. The minimum Gasteiger partial charge on any atom is -0.477 e. The third-order valence-electron chi connectivity index (χ3n) is 2.68. The highest BCUT2D eigenvalue weighted by molar-refractivity contribution is 5.90. The van der Waals surface area contributed by atoms with Crippen LogP contribution in [-0.2, 0) is 13.5 Å². The molecule has 2 amide bonds. The fourth-order valence-electron chi connectivity index (χ4n) is 1.59. The summed E-state index contributed by atoms with van der Waals surface area (Å²) in [4.78, 5) is 26.0. The van der Waals surface area contributed by atoms with Crippen molar-refractivity contribution in [2.24, 2.45) is 7.05 Å². The van der Waals surface area contributed by atoms with Crippen molar-refractivity contribution in [2.45, 2.75) is 6.42 Å². The van der Waals surface area contributed by atoms with Gasteiger partial charge in [0.15, 0.2) is 0 Å². The quantitative estimate of drug-likeness (QED) is 0.726. The van der Waals surface area contributed by atoms with Gasteiger partial charge in [-0.05, 0) is 12.1 Å². The molecule has 0 spiro atoms. The number of carbonyl (C=O) groups excluding carboxylic acids is 1. The normalized spacial score (nSPS) is 10.1. The lowest BCUT2D eigenvalue weighted by Crippen LogP contribution is -2.30. The van der Waals surface area contributed by atoms with Crippen molar-refractivity contribution in [3.63, 3.8) is 0 Å². The number of aromatic carboxylic acids is 1. The molecule has 2 heterocycles. The van der Waals surface area contributed by atoms with Gasteiger partial charge in [0.1, 0.15) is 17.8 Å². The number of rotatable bonds is 5. The molecule has 0 unspecified atom stereocenters. The van der Waals surface area contributed by atoms with Crippen LogP contribution in [0.4, 0.5) is 10.5 Å². The van der Waals surface area contributed by atoms with Crippen LogP contribution in [0.25, 0.3) is 0 Å². The van der Waals surface area contributed by atoms with E-state index >= 15 is 0 Å². The first-order chi connectivity index (χ1) is 10.1. The van der Waals surface area contributed by atoms with Crippen LogP contribution < -0.4 is 10.6 Å². The van der Waals surface area contributed by atoms with E-state index in [0.29, 0.717) is 18.7 Å². The van der Waals surface area contributed by atoms with Crippen molar-refractivity contribution in [1.29, 1.82) is 0 Å². The first-order valence-corrected chi connectivity index (χ1v) is 6.13. The second kappa shape index (κ2) is 6.46. The Balaban J connectivity index is 1.79. The number of nitrogens with one attached hydrogen (secondary N) is 2. The number of urea groups is 1. The van der Waals surface area contributed by atoms with E-state index in [1.165, 1.54) is 18.3 Å². The van der Waals surface area contributed by atoms with E-state index in [0.717, 1.165) is 5.82 Å². The van der Waals surface area contributed by atoms with Gasteiger partial charge in [-0.1, -0.05) is 0 Å². The van der Waals surface area contributed by atoms with E-state index in [-0.39, 0.29) is 5.69 Å². The molecule has 0 aliphatic rings. The van der Waals surface area contributed by atoms with Crippen molar-refractivity contribution in [1.82, 2.24) is 25.1 Å². The van der Waals surface area contributed by atoms with Crippen molar-refractivity contribution >= 4 is 17.7 Å². The summed E-state index contributed by atoms with van der Waals surface area (Å²) in [5, 5.41) is 21.6. The molecule has 0 aliphatic heterocycles. The maximum Gasteiger partial charge on any atom is 0.354 e. The lowest BCUT2D eigenvalue weighted by atomic mass is 10.3. The zero-order valence-electron chi connectivity index (χ0n) is 11.3. The van der Waals surface area contributed by atoms with E-state index in [1.807, 2.05) is 7.05 Å². The van der Waals surface area contributed by atoms with E-state index in [9.17, 15) is 9.59 Å². The molecule has 2 aromatic rings. The number of carboxylic acid groups (broad SMARTS) is 1. The summed E-state index contributed by atoms with van der Waals surface area (Å²) in [6, 6.07) is 2.39. The Morgan fingerprint density at radius 1 is 1.38 bits per heavy atom. The van der Waals surface area contributed by atoms with Crippen LogP contribution >= 0.6 is 0 Å². The topological polar surface area (TPSA) is 122 Å². The fraction of sp³-hybridized carbons (Fsp3) is 0.250. The Hall–Kier alpha value is -2.97. The smallest absolute Gasteiger partial charge is 0.354 e. The summed E-state index contributed by atoms with van der Waals surface area (Å²) in [6.07, 6.45) is 3.43. The predicted molar refractivity (Wildman–Crippen MR) is 72.9 cm³/mol. The maximum absolute atomic E-state index is 11.6. The minimum atomic E-state index is -1.12. The summed E-state index contributed by atoms with van der Waals surface area (Å²) in [6.45, 7) is 0.402. The molecule has 2 aromatic heterocycles. The third kappa shape index (κ3) is 4.00. The lowest BCUT2D eigenvalue weighted by molar-refractivity contribution is 0.0690. The van der Waals surface area contributed by atoms with E-state index in [4.69, 9.17) is 5.11 Å². The number of aromatic nitrogens is 4. The van der Waals surface area contributed by atoms with Crippen LogP contribution in [0, 0.1) is 0 Å². The SMILES string of the molecule is Cn1cnnc1CCNC(=O)Nc1ccc(C(=O)O)nc1. The second-order valence-electron chi connectivity index (χ2n) is 4.23. The van der Waals surface area contributed by atoms with E-state index < -0.39 is 12.0 Å². The molecule has 0 atom stereocenters. The lowest BCUT2D eigenvalue weighted by Gasteiger charge is -2.07. The van der Waals surface area contributed by atoms with Gasteiger partial charge in [0.05, 0.1) is 11.9 Å². The van der Waals surface area contributed by atoms with Gasteiger partial charge >= 0.3 is 12.0 Å². The van der Waals surface area contributed by atoms with Crippen LogP contribution in [0.15, 0.2) is 24.7 Å². The molecule has 3 N–H and O–H groups in total. The molecule has 110 valence electrons. The number of carbonyl (C=O) groups is 2. The van der Waals surface area contributed by atoms with Gasteiger partial charge in [0.2, 0.25) is 0 Å². The van der Waals surface area contributed by atoms with Gasteiger partial charge in [-0.15, -0.1) is 10.2 Å². The highest BCUT2D eigenvalue weighted by Crippen LogP contribution is 2.05. The number of aryl methyl sites for hydroxylation is 1. The summed E-state index contributed by atoms with van der Waals surface area (Å²) >= 11 is 0. The molecule has 9 heteroatoms. The van der Waals surface area contributed by atoms with Gasteiger partial charge < -0.3 is 20.3 Å². The molecule has 0 saturated carbocycles. The number of pyridine rings is 1. The Morgan fingerprint density at radius 3 is 2.76 bits per heavy atom. The van der Waals surface area contributed by atoms with Gasteiger partial charge in [-0.3, -0.25) is 0 Å². The molecule has 0 aliphatic carbocycles. The highest BCUT2D eigenvalue weighted by Gasteiger charge is 2.06.